The molecule has 2 aromatic rings. The molecule has 2 aliphatic rings. The second kappa shape index (κ2) is 73.4. The van der Waals surface area contributed by atoms with Crippen molar-refractivity contribution in [2.75, 3.05) is 145 Å². The van der Waals surface area contributed by atoms with Crippen LogP contribution in [-0.4, -0.2) is 180 Å². The number of hydrogen-bond donors (Lipinski definition) is 9. The van der Waals surface area contributed by atoms with Gasteiger partial charge in [-0.3, -0.25) is 0 Å². The highest BCUT2D eigenvalue weighted by atomic mass is 16.7. The molecule has 2 saturated carbocycles. The first-order valence-corrected chi connectivity index (χ1v) is 38.0. The zero-order chi connectivity index (χ0) is 74.4. The lowest BCUT2D eigenvalue weighted by Crippen LogP contribution is -2.39. The second-order valence-electron chi connectivity index (χ2n) is 25.7. The molecular weight excluding hydrogens is 1270 g/mol. The van der Waals surface area contributed by atoms with Gasteiger partial charge < -0.3 is 118 Å². The highest BCUT2D eigenvalue weighted by molar-refractivity contribution is 5.16. The van der Waals surface area contributed by atoms with Crippen LogP contribution < -0.4 is 51.6 Å². The molecule has 3 unspecified atom stereocenters. The molecule has 4 rings (SSSR count). The minimum Gasteiger partial charge on any atom is -0.353 e. The fraction of sp³-hybridized carbons (Fsp3) is 0.844. The van der Waals surface area contributed by atoms with E-state index in [4.69, 9.17) is 118 Å². The lowest BCUT2D eigenvalue weighted by Gasteiger charge is -2.36. The van der Waals surface area contributed by atoms with Gasteiger partial charge >= 0.3 is 0 Å². The highest BCUT2D eigenvalue weighted by Crippen LogP contribution is 2.35. The monoisotopic (exact) mass is 1430 g/mol. The first-order chi connectivity index (χ1) is 47.8. The van der Waals surface area contributed by atoms with Crippen molar-refractivity contribution in [3.05, 3.63) is 71.8 Å². The highest BCUT2D eigenvalue weighted by Gasteiger charge is 2.36. The van der Waals surface area contributed by atoms with E-state index in [1.54, 1.807) is 0 Å². The van der Waals surface area contributed by atoms with Crippen LogP contribution in [0.4, 0.5) is 0 Å². The third kappa shape index (κ3) is 61.8. The molecule has 0 aromatic heterocycles. The van der Waals surface area contributed by atoms with E-state index in [1.807, 2.05) is 81.4 Å². The molecule has 100 heavy (non-hydrogen) atoms. The van der Waals surface area contributed by atoms with Crippen molar-refractivity contribution >= 4 is 0 Å². The molecule has 0 bridgehead atoms. The fourth-order valence-corrected chi connectivity index (χ4v) is 9.39. The summed E-state index contributed by atoms with van der Waals surface area (Å²) in [6, 6.07) is 20.0. The molecule has 596 valence electrons. The van der Waals surface area contributed by atoms with Crippen molar-refractivity contribution in [3.8, 4) is 0 Å². The van der Waals surface area contributed by atoms with Crippen molar-refractivity contribution in [1.29, 1.82) is 0 Å². The van der Waals surface area contributed by atoms with E-state index >= 15 is 0 Å². The Hall–Kier alpha value is -2.48. The van der Waals surface area contributed by atoms with E-state index in [0.29, 0.717) is 124 Å². The topological polar surface area (TPSA) is 363 Å². The van der Waals surface area contributed by atoms with Gasteiger partial charge in [0.25, 0.3) is 0 Å². The number of unbranched alkanes of at least 4 members (excludes halogenated alkanes) is 2. The molecular formula is C77H159N9O14. The van der Waals surface area contributed by atoms with Crippen LogP contribution in [0, 0.1) is 5.92 Å². The third-order valence-corrected chi connectivity index (χ3v) is 14.9. The van der Waals surface area contributed by atoms with E-state index in [-0.39, 0.29) is 49.8 Å². The molecule has 23 nitrogen and oxygen atoms in total. The maximum Gasteiger partial charge on any atom is 0.183 e. The zero-order valence-electron chi connectivity index (χ0n) is 65.0. The molecule has 0 saturated heterocycles. The van der Waals surface area contributed by atoms with Crippen LogP contribution in [0.15, 0.2) is 60.7 Å². The fourth-order valence-electron chi connectivity index (χ4n) is 9.39. The predicted octanol–water partition coefficient (Wildman–Crippen LogP) is 12.4. The molecule has 2 aromatic carbocycles. The van der Waals surface area contributed by atoms with Crippen molar-refractivity contribution < 1.29 is 66.3 Å². The Balaban J connectivity index is -0.000000538. The SMILES string of the molecule is C.CC(C)C(OCCN)OCCCCN.CC(OCCCN)OCCCN.CCC(C)(C)OC(C)(C)OCCCN.CCCCOC(OCCCN)c1ccccc1.CCCOC(OCCN)c1ccccc1.CCCOC1(OCCN)CCCC1.CCCOC1(OCCN)CCCCC1. The smallest absolute Gasteiger partial charge is 0.183 e. The Morgan fingerprint density at radius 2 is 0.710 bits per heavy atom. The Morgan fingerprint density at radius 3 is 1.10 bits per heavy atom. The summed E-state index contributed by atoms with van der Waals surface area (Å²) >= 11 is 0. The van der Waals surface area contributed by atoms with Crippen molar-refractivity contribution in [2.24, 2.45) is 57.5 Å². The van der Waals surface area contributed by atoms with Gasteiger partial charge in [0.2, 0.25) is 0 Å². The van der Waals surface area contributed by atoms with Gasteiger partial charge in [0.1, 0.15) is 0 Å². The van der Waals surface area contributed by atoms with E-state index in [9.17, 15) is 0 Å². The number of ether oxygens (including phenoxy) is 14. The molecule has 2 aliphatic carbocycles. The van der Waals surface area contributed by atoms with E-state index in [2.05, 4.69) is 62.3 Å². The quantitative estimate of drug-likeness (QED) is 0.0219. The van der Waals surface area contributed by atoms with Crippen LogP contribution in [-0.2, 0) is 66.3 Å². The van der Waals surface area contributed by atoms with Crippen LogP contribution >= 0.6 is 0 Å². The summed E-state index contributed by atoms with van der Waals surface area (Å²) in [6.45, 7) is 38.9. The van der Waals surface area contributed by atoms with Crippen LogP contribution in [0.1, 0.15) is 249 Å². The van der Waals surface area contributed by atoms with Crippen molar-refractivity contribution in [3.63, 3.8) is 0 Å². The number of hydrogen-bond acceptors (Lipinski definition) is 23. The number of benzene rings is 2. The third-order valence-electron chi connectivity index (χ3n) is 14.9. The van der Waals surface area contributed by atoms with Gasteiger partial charge in [0.05, 0.1) is 65.1 Å². The summed E-state index contributed by atoms with van der Waals surface area (Å²) in [5.41, 5.74) is 50.4. The Kier molecular flexibility index (Phi) is 76.3. The van der Waals surface area contributed by atoms with Gasteiger partial charge in [-0.05, 0) is 164 Å². The largest absolute Gasteiger partial charge is 0.353 e. The maximum absolute atomic E-state index is 5.86. The van der Waals surface area contributed by atoms with Gasteiger partial charge in [0.15, 0.2) is 42.5 Å². The Bertz CT molecular complexity index is 1850. The first kappa shape index (κ1) is 104. The number of rotatable bonds is 52. The van der Waals surface area contributed by atoms with Crippen LogP contribution in [0.25, 0.3) is 0 Å². The van der Waals surface area contributed by atoms with E-state index < -0.39 is 5.79 Å². The summed E-state index contributed by atoms with van der Waals surface area (Å²) in [6.07, 6.45) is 21.2. The molecule has 3 atom stereocenters. The Labute approximate surface area is 611 Å². The first-order valence-electron chi connectivity index (χ1n) is 38.0. The predicted molar refractivity (Wildman–Crippen MR) is 412 cm³/mol. The van der Waals surface area contributed by atoms with Crippen LogP contribution in [0.5, 0.6) is 0 Å². The lowest BCUT2D eigenvalue weighted by molar-refractivity contribution is -0.262. The van der Waals surface area contributed by atoms with Gasteiger partial charge in [0, 0.05) is 95.3 Å². The summed E-state index contributed by atoms with van der Waals surface area (Å²) in [5, 5.41) is 0. The van der Waals surface area contributed by atoms with E-state index in [0.717, 1.165) is 140 Å². The molecule has 18 N–H and O–H groups in total. The molecule has 23 heteroatoms. The summed E-state index contributed by atoms with van der Waals surface area (Å²) < 4.78 is 78.7. The average molecular weight is 1440 g/mol. The molecule has 0 spiro atoms. The average Bonchev–Trinajstić information content (AvgIpc) is 1.31. The minimum absolute atomic E-state index is 0. The maximum atomic E-state index is 5.86. The van der Waals surface area contributed by atoms with Gasteiger partial charge in [-0.25, -0.2) is 0 Å². The normalized spacial score (nSPS) is 14.8. The summed E-state index contributed by atoms with van der Waals surface area (Å²) in [5.74, 6) is -0.739. The second-order valence-corrected chi connectivity index (χ2v) is 25.7. The summed E-state index contributed by atoms with van der Waals surface area (Å²) in [7, 11) is 0. The minimum atomic E-state index is -0.519. The van der Waals surface area contributed by atoms with Gasteiger partial charge in [-0.15, -0.1) is 0 Å². The van der Waals surface area contributed by atoms with Gasteiger partial charge in [-0.1, -0.05) is 129 Å². The van der Waals surface area contributed by atoms with Gasteiger partial charge in [-0.2, -0.15) is 0 Å². The lowest BCUT2D eigenvalue weighted by atomic mass is 9.94. The number of nitrogens with two attached hydrogens (primary N) is 9. The van der Waals surface area contributed by atoms with Crippen molar-refractivity contribution in [2.45, 2.75) is 273 Å². The molecule has 0 radical (unpaired) electrons. The molecule has 0 aliphatic heterocycles. The van der Waals surface area contributed by atoms with E-state index in [1.165, 1.54) is 32.1 Å². The zero-order valence-corrected chi connectivity index (χ0v) is 65.0. The molecule has 2 fully saturated rings. The van der Waals surface area contributed by atoms with Crippen LogP contribution in [0.3, 0.4) is 0 Å². The van der Waals surface area contributed by atoms with Crippen LogP contribution in [0.2, 0.25) is 0 Å². The van der Waals surface area contributed by atoms with Crippen molar-refractivity contribution in [1.82, 2.24) is 0 Å². The molecule has 0 amide bonds. The Morgan fingerprint density at radius 1 is 0.360 bits per heavy atom. The summed E-state index contributed by atoms with van der Waals surface area (Å²) in [4.78, 5) is 0. The molecule has 0 heterocycles. The standard InChI is InChI=1S/C14H23NO2.C12H19NO2.C11H23NO2.C11H25NO2.C10H24N2O2.C10H21NO2.C8H20N2O2.CH4/c1-2-3-11-16-14(17-12-7-10-15)13-8-5-4-6-9-13;1-2-9-14-12(15-10-8-13)11-6-4-3-5-7-11;1-2-9-13-11(14-10-8-12)6-4-3-5-7-11;1-6-10(2,3)14-11(4,5)13-9-7-8-12;1-9(2)10(14-8-6-12)13-7-4-3-5-11;1-2-8-12-10(13-9-7-11)5-3-4-6-10;1-8(11-6-2-4-9)12-7-3-5-10;/h4-6,8-9,14H,2-3,7,10-12,15H2,1H3;3-7,12H,2,8-10,13H2,1H3;2-10,12H2,1H3;6-9,12H2,1-5H3;9-10H,3-8,11-12H2,1-2H3;2-9,11H2,1H3;8H,2-7,9-10H2,1H3;1H4.